The van der Waals surface area contributed by atoms with Crippen LogP contribution in [0.2, 0.25) is 0 Å². The fraction of sp³-hybridized carbons (Fsp3) is 0.286. The number of ether oxygens (including phenoxy) is 4. The Morgan fingerprint density at radius 2 is 1.80 bits per heavy atom. The SMILES string of the molecule is COc1cc(OC)cc(-c2nc(C3CC(=O)N(c4ccc5c(c4)OCO5)C3)no2)c1. The van der Waals surface area contributed by atoms with Gasteiger partial charge in [0.15, 0.2) is 17.3 Å². The van der Waals surface area contributed by atoms with E-state index in [2.05, 4.69) is 10.1 Å². The molecule has 0 radical (unpaired) electrons. The van der Waals surface area contributed by atoms with Crippen LogP contribution >= 0.6 is 0 Å². The van der Waals surface area contributed by atoms with Gasteiger partial charge in [-0.3, -0.25) is 4.79 Å². The zero-order valence-electron chi connectivity index (χ0n) is 16.5. The van der Waals surface area contributed by atoms with Crippen molar-refractivity contribution >= 4 is 11.6 Å². The van der Waals surface area contributed by atoms with Gasteiger partial charge in [-0.2, -0.15) is 4.98 Å². The van der Waals surface area contributed by atoms with Crippen molar-refractivity contribution in [3.63, 3.8) is 0 Å². The molecular weight excluding hydrogens is 390 g/mol. The zero-order valence-corrected chi connectivity index (χ0v) is 16.5. The standard InChI is InChI=1S/C21H19N3O6/c1-26-15-5-12(6-16(9-15)27-2)21-22-20(23-30-21)13-7-19(25)24(10-13)14-3-4-17-18(8-14)29-11-28-17/h3-6,8-9,13H,7,10-11H2,1-2H3. The number of amides is 1. The first-order valence-electron chi connectivity index (χ1n) is 9.41. The molecule has 1 aromatic heterocycles. The Kier molecular flexibility index (Phi) is 4.42. The summed E-state index contributed by atoms with van der Waals surface area (Å²) in [6.07, 6.45) is 0.300. The van der Waals surface area contributed by atoms with Gasteiger partial charge in [-0.05, 0) is 24.3 Å². The highest BCUT2D eigenvalue weighted by Crippen LogP contribution is 2.38. The number of methoxy groups -OCH3 is 2. The fourth-order valence-electron chi connectivity index (χ4n) is 3.63. The second-order valence-corrected chi connectivity index (χ2v) is 7.00. The zero-order chi connectivity index (χ0) is 20.7. The summed E-state index contributed by atoms with van der Waals surface area (Å²) in [5.74, 6) is 3.21. The minimum absolute atomic E-state index is 0.00624. The van der Waals surface area contributed by atoms with Gasteiger partial charge in [0.05, 0.1) is 14.2 Å². The fourth-order valence-corrected chi connectivity index (χ4v) is 3.63. The molecule has 1 unspecified atom stereocenters. The van der Waals surface area contributed by atoms with Crippen LogP contribution in [0.25, 0.3) is 11.5 Å². The molecule has 2 aromatic carbocycles. The smallest absolute Gasteiger partial charge is 0.258 e. The van der Waals surface area contributed by atoms with Crippen molar-refractivity contribution in [2.75, 3.05) is 32.5 Å². The molecule has 1 fully saturated rings. The molecule has 9 nitrogen and oxygen atoms in total. The van der Waals surface area contributed by atoms with Gasteiger partial charge in [0, 0.05) is 42.3 Å². The predicted octanol–water partition coefficient (Wildman–Crippen LogP) is 3.00. The number of nitrogens with zero attached hydrogens (tertiary/aromatic N) is 3. The number of rotatable bonds is 5. The molecule has 0 saturated carbocycles. The molecule has 0 spiro atoms. The normalized spacial score (nSPS) is 17.5. The lowest BCUT2D eigenvalue weighted by Crippen LogP contribution is -2.24. The minimum Gasteiger partial charge on any atom is -0.497 e. The van der Waals surface area contributed by atoms with Gasteiger partial charge < -0.3 is 28.4 Å². The molecule has 0 bridgehead atoms. The Balaban J connectivity index is 1.38. The number of carbonyl (C=O) groups excluding carboxylic acids is 1. The van der Waals surface area contributed by atoms with E-state index in [-0.39, 0.29) is 18.6 Å². The van der Waals surface area contributed by atoms with Crippen LogP contribution in [0.3, 0.4) is 0 Å². The third-order valence-corrected chi connectivity index (χ3v) is 5.20. The number of fused-ring (bicyclic) bond motifs is 1. The summed E-state index contributed by atoms with van der Waals surface area (Å²) >= 11 is 0. The van der Waals surface area contributed by atoms with Crippen LogP contribution in [-0.2, 0) is 4.79 Å². The molecule has 3 aromatic rings. The molecule has 2 aliphatic heterocycles. The summed E-state index contributed by atoms with van der Waals surface area (Å²) in [6, 6.07) is 10.8. The van der Waals surface area contributed by atoms with Crippen molar-refractivity contribution in [3.05, 3.63) is 42.2 Å². The van der Waals surface area contributed by atoms with Crippen molar-refractivity contribution in [1.29, 1.82) is 0 Å². The Morgan fingerprint density at radius 1 is 1.03 bits per heavy atom. The van der Waals surface area contributed by atoms with Crippen LogP contribution in [0.5, 0.6) is 23.0 Å². The molecule has 1 atom stereocenters. The van der Waals surface area contributed by atoms with Crippen LogP contribution in [0.15, 0.2) is 40.9 Å². The van der Waals surface area contributed by atoms with E-state index in [1.54, 1.807) is 43.4 Å². The lowest BCUT2D eigenvalue weighted by atomic mass is 10.1. The van der Waals surface area contributed by atoms with Gasteiger partial charge in [0.1, 0.15) is 11.5 Å². The van der Waals surface area contributed by atoms with Gasteiger partial charge >= 0.3 is 0 Å². The van der Waals surface area contributed by atoms with Crippen molar-refractivity contribution in [2.45, 2.75) is 12.3 Å². The quantitative estimate of drug-likeness (QED) is 0.635. The number of hydrogen-bond acceptors (Lipinski definition) is 8. The van der Waals surface area contributed by atoms with Crippen LogP contribution in [0, 0.1) is 0 Å². The summed E-state index contributed by atoms with van der Waals surface area (Å²) < 4.78 is 26.8. The number of benzene rings is 2. The summed E-state index contributed by atoms with van der Waals surface area (Å²) in [5, 5.41) is 4.11. The van der Waals surface area contributed by atoms with Gasteiger partial charge in [-0.15, -0.1) is 0 Å². The van der Waals surface area contributed by atoms with Gasteiger partial charge in [-0.25, -0.2) is 0 Å². The summed E-state index contributed by atoms with van der Waals surface area (Å²) in [4.78, 5) is 18.9. The average molecular weight is 409 g/mol. The molecule has 0 N–H and O–H groups in total. The summed E-state index contributed by atoms with van der Waals surface area (Å²) in [7, 11) is 3.15. The highest BCUT2D eigenvalue weighted by molar-refractivity contribution is 5.96. The Hall–Kier alpha value is -3.75. The maximum Gasteiger partial charge on any atom is 0.258 e. The van der Waals surface area contributed by atoms with Crippen LogP contribution in [-0.4, -0.2) is 43.6 Å². The van der Waals surface area contributed by atoms with E-state index >= 15 is 0 Å². The number of carbonyl (C=O) groups is 1. The first-order valence-corrected chi connectivity index (χ1v) is 9.41. The Morgan fingerprint density at radius 3 is 2.57 bits per heavy atom. The second kappa shape index (κ2) is 7.25. The molecule has 1 saturated heterocycles. The Labute approximate surface area is 172 Å². The van der Waals surface area contributed by atoms with E-state index in [1.165, 1.54) is 0 Å². The number of aromatic nitrogens is 2. The first-order chi connectivity index (χ1) is 14.6. The van der Waals surface area contributed by atoms with Crippen LogP contribution in [0.1, 0.15) is 18.2 Å². The van der Waals surface area contributed by atoms with Crippen molar-refractivity contribution in [3.8, 4) is 34.5 Å². The molecule has 154 valence electrons. The number of hydrogen-bond donors (Lipinski definition) is 0. The van der Waals surface area contributed by atoms with E-state index < -0.39 is 0 Å². The van der Waals surface area contributed by atoms with Crippen LogP contribution in [0.4, 0.5) is 5.69 Å². The first kappa shape index (κ1) is 18.3. The molecule has 5 rings (SSSR count). The Bertz CT molecular complexity index is 1090. The lowest BCUT2D eigenvalue weighted by Gasteiger charge is -2.16. The van der Waals surface area contributed by atoms with E-state index in [0.29, 0.717) is 53.2 Å². The molecule has 2 aliphatic rings. The molecule has 3 heterocycles. The predicted molar refractivity (Wildman–Crippen MR) is 105 cm³/mol. The molecule has 9 heteroatoms. The summed E-state index contributed by atoms with van der Waals surface area (Å²) in [6.45, 7) is 0.648. The maximum atomic E-state index is 12.6. The van der Waals surface area contributed by atoms with Crippen LogP contribution < -0.4 is 23.8 Å². The topological polar surface area (TPSA) is 96.2 Å². The third kappa shape index (κ3) is 3.18. The second-order valence-electron chi connectivity index (χ2n) is 7.00. The molecule has 30 heavy (non-hydrogen) atoms. The largest absolute Gasteiger partial charge is 0.497 e. The number of anilines is 1. The molecular formula is C21H19N3O6. The highest BCUT2D eigenvalue weighted by Gasteiger charge is 2.35. The van der Waals surface area contributed by atoms with Gasteiger partial charge in [0.2, 0.25) is 12.7 Å². The maximum absolute atomic E-state index is 12.6. The average Bonchev–Trinajstić information content (AvgIpc) is 3.51. The highest BCUT2D eigenvalue weighted by atomic mass is 16.7. The van der Waals surface area contributed by atoms with E-state index in [4.69, 9.17) is 23.5 Å². The molecule has 0 aliphatic carbocycles. The monoisotopic (exact) mass is 409 g/mol. The van der Waals surface area contributed by atoms with Gasteiger partial charge in [-0.1, -0.05) is 5.16 Å². The lowest BCUT2D eigenvalue weighted by molar-refractivity contribution is -0.117. The molecule has 1 amide bonds. The summed E-state index contributed by atoms with van der Waals surface area (Å²) in [5.41, 5.74) is 1.44. The van der Waals surface area contributed by atoms with E-state index in [9.17, 15) is 4.79 Å². The third-order valence-electron chi connectivity index (χ3n) is 5.20. The van der Waals surface area contributed by atoms with E-state index in [0.717, 1.165) is 5.69 Å². The van der Waals surface area contributed by atoms with Crippen molar-refractivity contribution in [1.82, 2.24) is 10.1 Å². The van der Waals surface area contributed by atoms with E-state index in [1.807, 2.05) is 12.1 Å². The van der Waals surface area contributed by atoms with Crippen molar-refractivity contribution < 1.29 is 28.3 Å². The van der Waals surface area contributed by atoms with Gasteiger partial charge in [0.25, 0.3) is 5.89 Å². The van der Waals surface area contributed by atoms with Crippen molar-refractivity contribution in [2.24, 2.45) is 0 Å². The minimum atomic E-state index is -0.173.